The van der Waals surface area contributed by atoms with E-state index >= 15 is 0 Å². The van der Waals surface area contributed by atoms with Gasteiger partial charge in [0.2, 0.25) is 0 Å². The Balaban J connectivity index is 1.83. The van der Waals surface area contributed by atoms with Crippen molar-refractivity contribution in [2.45, 2.75) is 20.0 Å². The van der Waals surface area contributed by atoms with Crippen LogP contribution in [0.25, 0.3) is 0 Å². The van der Waals surface area contributed by atoms with Gasteiger partial charge in [0, 0.05) is 25.1 Å². The number of nitrogens with zero attached hydrogens (tertiary/aromatic N) is 3. The zero-order valence-electron chi connectivity index (χ0n) is 8.57. The van der Waals surface area contributed by atoms with Crippen LogP contribution >= 0.6 is 0 Å². The molecule has 0 aliphatic rings. The highest BCUT2D eigenvalue weighted by atomic mass is 15.0. The van der Waals surface area contributed by atoms with Crippen molar-refractivity contribution >= 4 is 0 Å². The molecule has 0 saturated heterocycles. The molecule has 0 saturated carbocycles. The lowest BCUT2D eigenvalue weighted by molar-refractivity contribution is 0.654. The molecule has 2 N–H and O–H groups in total. The maximum Gasteiger partial charge on any atom is 0.125 e. The number of H-pyrrole nitrogens is 1. The first-order valence-corrected chi connectivity index (χ1v) is 4.82. The summed E-state index contributed by atoms with van der Waals surface area (Å²) in [4.78, 5) is 15.5. The largest absolute Gasteiger partial charge is 0.348 e. The average Bonchev–Trinajstić information content (AvgIpc) is 2.71. The summed E-state index contributed by atoms with van der Waals surface area (Å²) in [5.41, 5.74) is 0.994. The molecule has 2 rings (SSSR count). The predicted octanol–water partition coefficient (Wildman–Crippen LogP) is 0.798. The number of imidazole rings is 1. The van der Waals surface area contributed by atoms with Crippen LogP contribution in [0.3, 0.4) is 0 Å². The summed E-state index contributed by atoms with van der Waals surface area (Å²) in [6.07, 6.45) is 5.32. The minimum absolute atomic E-state index is 0.718. The third-order valence-corrected chi connectivity index (χ3v) is 1.99. The van der Waals surface area contributed by atoms with Crippen LogP contribution in [-0.4, -0.2) is 19.9 Å². The van der Waals surface area contributed by atoms with Gasteiger partial charge in [0.25, 0.3) is 0 Å². The van der Waals surface area contributed by atoms with E-state index in [9.17, 15) is 0 Å². The van der Waals surface area contributed by atoms with Crippen LogP contribution in [0, 0.1) is 6.92 Å². The number of hydrogen-bond acceptors (Lipinski definition) is 4. The molecule has 0 fully saturated rings. The molecule has 0 radical (unpaired) electrons. The minimum atomic E-state index is 0.718. The van der Waals surface area contributed by atoms with E-state index in [1.54, 1.807) is 12.4 Å². The molecule has 0 aliphatic heterocycles. The minimum Gasteiger partial charge on any atom is -0.348 e. The molecule has 0 unspecified atom stereocenters. The number of aromatic nitrogens is 4. The van der Waals surface area contributed by atoms with Crippen molar-refractivity contribution in [3.63, 3.8) is 0 Å². The Morgan fingerprint density at radius 2 is 2.20 bits per heavy atom. The van der Waals surface area contributed by atoms with E-state index in [1.807, 2.05) is 19.2 Å². The first-order valence-electron chi connectivity index (χ1n) is 4.82. The second-order valence-corrected chi connectivity index (χ2v) is 3.23. The fraction of sp³-hybridized carbons (Fsp3) is 0.300. The zero-order chi connectivity index (χ0) is 10.5. The average molecular weight is 203 g/mol. The highest BCUT2D eigenvalue weighted by Gasteiger charge is 1.96. The van der Waals surface area contributed by atoms with Gasteiger partial charge in [-0.25, -0.2) is 15.0 Å². The lowest BCUT2D eigenvalue weighted by atomic mass is 10.4. The van der Waals surface area contributed by atoms with Crippen LogP contribution in [0.1, 0.15) is 17.3 Å². The van der Waals surface area contributed by atoms with Gasteiger partial charge in [-0.05, 0) is 13.0 Å². The molecule has 0 spiro atoms. The van der Waals surface area contributed by atoms with E-state index in [0.29, 0.717) is 0 Å². The van der Waals surface area contributed by atoms with E-state index in [1.165, 1.54) is 0 Å². The molecule has 2 heterocycles. The van der Waals surface area contributed by atoms with Crippen molar-refractivity contribution < 1.29 is 0 Å². The summed E-state index contributed by atoms with van der Waals surface area (Å²) in [5, 5.41) is 3.25. The third-order valence-electron chi connectivity index (χ3n) is 1.99. The SMILES string of the molecule is Cc1nccc(CNCc2ncc[nH]2)n1. The molecular weight excluding hydrogens is 190 g/mol. The van der Waals surface area contributed by atoms with Crippen molar-refractivity contribution in [3.8, 4) is 0 Å². The van der Waals surface area contributed by atoms with Gasteiger partial charge in [0.15, 0.2) is 0 Å². The Morgan fingerprint density at radius 1 is 1.27 bits per heavy atom. The molecule has 0 aliphatic carbocycles. The number of aryl methyl sites for hydroxylation is 1. The monoisotopic (exact) mass is 203 g/mol. The van der Waals surface area contributed by atoms with Crippen molar-refractivity contribution in [1.29, 1.82) is 0 Å². The van der Waals surface area contributed by atoms with Crippen LogP contribution in [0.2, 0.25) is 0 Å². The smallest absolute Gasteiger partial charge is 0.125 e. The number of hydrogen-bond donors (Lipinski definition) is 2. The topological polar surface area (TPSA) is 66.5 Å². The van der Waals surface area contributed by atoms with Gasteiger partial charge in [0.1, 0.15) is 11.6 Å². The normalized spacial score (nSPS) is 10.5. The molecule has 0 amide bonds. The van der Waals surface area contributed by atoms with Gasteiger partial charge >= 0.3 is 0 Å². The second-order valence-electron chi connectivity index (χ2n) is 3.23. The molecule has 2 aromatic rings. The van der Waals surface area contributed by atoms with Crippen LogP contribution in [0.5, 0.6) is 0 Å². The van der Waals surface area contributed by atoms with Crippen LogP contribution in [0.15, 0.2) is 24.7 Å². The third kappa shape index (κ3) is 2.85. The van der Waals surface area contributed by atoms with Crippen LogP contribution in [0.4, 0.5) is 0 Å². The summed E-state index contributed by atoms with van der Waals surface area (Å²) >= 11 is 0. The van der Waals surface area contributed by atoms with E-state index in [4.69, 9.17) is 0 Å². The Bertz CT molecular complexity index is 410. The summed E-state index contributed by atoms with van der Waals surface area (Å²) in [6.45, 7) is 3.33. The first kappa shape index (κ1) is 9.79. The van der Waals surface area contributed by atoms with Crippen molar-refractivity contribution in [3.05, 3.63) is 42.0 Å². The Morgan fingerprint density at radius 3 is 2.93 bits per heavy atom. The predicted molar refractivity (Wildman–Crippen MR) is 55.9 cm³/mol. The van der Waals surface area contributed by atoms with E-state index in [-0.39, 0.29) is 0 Å². The van der Waals surface area contributed by atoms with Crippen molar-refractivity contribution in [1.82, 2.24) is 25.3 Å². The Labute approximate surface area is 88.0 Å². The van der Waals surface area contributed by atoms with E-state index in [2.05, 4.69) is 25.3 Å². The van der Waals surface area contributed by atoms with Crippen molar-refractivity contribution in [2.24, 2.45) is 0 Å². The summed E-state index contributed by atoms with van der Waals surface area (Å²) in [6, 6.07) is 1.90. The Hall–Kier alpha value is -1.75. The molecule has 5 heteroatoms. The van der Waals surface area contributed by atoms with E-state index in [0.717, 1.165) is 30.4 Å². The fourth-order valence-corrected chi connectivity index (χ4v) is 1.31. The highest BCUT2D eigenvalue weighted by Crippen LogP contribution is 1.95. The second kappa shape index (κ2) is 4.65. The highest BCUT2D eigenvalue weighted by molar-refractivity contribution is 5.01. The standard InChI is InChI=1S/C10H13N5/c1-8-12-3-2-9(15-8)6-11-7-10-13-4-5-14-10/h2-5,11H,6-7H2,1H3,(H,13,14). The molecule has 0 aromatic carbocycles. The van der Waals surface area contributed by atoms with Crippen molar-refractivity contribution in [2.75, 3.05) is 0 Å². The summed E-state index contributed by atoms with van der Waals surface area (Å²) in [7, 11) is 0. The number of nitrogens with one attached hydrogen (secondary N) is 2. The van der Waals surface area contributed by atoms with Gasteiger partial charge in [-0.2, -0.15) is 0 Å². The molecule has 78 valence electrons. The lowest BCUT2D eigenvalue weighted by Gasteiger charge is -2.02. The summed E-state index contributed by atoms with van der Waals surface area (Å²) < 4.78 is 0. The van der Waals surface area contributed by atoms with Gasteiger partial charge < -0.3 is 10.3 Å². The molecule has 2 aromatic heterocycles. The molecule has 15 heavy (non-hydrogen) atoms. The number of aromatic amines is 1. The molecule has 5 nitrogen and oxygen atoms in total. The van der Waals surface area contributed by atoms with Crippen LogP contribution in [-0.2, 0) is 13.1 Å². The zero-order valence-corrected chi connectivity index (χ0v) is 8.57. The number of rotatable bonds is 4. The fourth-order valence-electron chi connectivity index (χ4n) is 1.31. The Kier molecular flexibility index (Phi) is 3.04. The van der Waals surface area contributed by atoms with E-state index < -0.39 is 0 Å². The quantitative estimate of drug-likeness (QED) is 0.771. The van der Waals surface area contributed by atoms with Gasteiger partial charge in [-0.3, -0.25) is 0 Å². The van der Waals surface area contributed by atoms with Gasteiger partial charge in [0.05, 0.1) is 12.2 Å². The van der Waals surface area contributed by atoms with Gasteiger partial charge in [-0.15, -0.1) is 0 Å². The molecule has 0 atom stereocenters. The first-order chi connectivity index (χ1) is 7.34. The summed E-state index contributed by atoms with van der Waals surface area (Å²) in [5.74, 6) is 1.73. The van der Waals surface area contributed by atoms with Gasteiger partial charge in [-0.1, -0.05) is 0 Å². The van der Waals surface area contributed by atoms with Crippen LogP contribution < -0.4 is 5.32 Å². The molecule has 0 bridgehead atoms. The lowest BCUT2D eigenvalue weighted by Crippen LogP contribution is -2.15. The maximum atomic E-state index is 4.29. The molecular formula is C10H13N5. The maximum absolute atomic E-state index is 4.29.